The third kappa shape index (κ3) is 3.74. The summed E-state index contributed by atoms with van der Waals surface area (Å²) in [5.74, 6) is -0.949. The molecule has 2 aliphatic carbocycles. The second-order valence-corrected chi connectivity index (χ2v) is 12.5. The van der Waals surface area contributed by atoms with Crippen molar-refractivity contribution in [2.24, 2.45) is 11.3 Å². The van der Waals surface area contributed by atoms with E-state index in [1.807, 2.05) is 60.7 Å². The van der Waals surface area contributed by atoms with E-state index in [-0.39, 0.29) is 17.4 Å². The van der Waals surface area contributed by atoms with Crippen molar-refractivity contribution < 1.29 is 33.0 Å². The van der Waals surface area contributed by atoms with Gasteiger partial charge in [0.15, 0.2) is 0 Å². The predicted molar refractivity (Wildman–Crippen MR) is 147 cm³/mol. The molecule has 2 saturated carbocycles. The van der Waals surface area contributed by atoms with Crippen LogP contribution in [0.5, 0.6) is 0 Å². The highest BCUT2D eigenvalue weighted by molar-refractivity contribution is 5.86. The molecule has 212 valence electrons. The van der Waals surface area contributed by atoms with E-state index in [1.165, 1.54) is 43.8 Å². The topological polar surface area (TPSA) is 71.1 Å². The van der Waals surface area contributed by atoms with Gasteiger partial charge in [-0.15, -0.1) is 0 Å². The number of nitrogens with zero attached hydrogens (tertiary/aromatic N) is 1. The van der Waals surface area contributed by atoms with E-state index >= 15 is 0 Å². The van der Waals surface area contributed by atoms with Crippen molar-refractivity contribution in [2.45, 2.75) is 81.9 Å². The Balaban J connectivity index is 1.25. The lowest BCUT2D eigenvalue weighted by Gasteiger charge is -2.80. The van der Waals surface area contributed by atoms with Gasteiger partial charge >= 0.3 is 11.9 Å². The molecule has 0 radical (unpaired) electrons. The Morgan fingerprint density at radius 2 is 1.55 bits per heavy atom. The molecule has 0 bridgehead atoms. The summed E-state index contributed by atoms with van der Waals surface area (Å²) in [6.07, 6.45) is 6.29. The summed E-state index contributed by atoms with van der Waals surface area (Å²) in [7, 11) is 0. The van der Waals surface area contributed by atoms with Gasteiger partial charge in [0.25, 0.3) is 0 Å². The minimum Gasteiger partial charge on any atom is -0.458 e. The molecule has 0 aromatic heterocycles. The summed E-state index contributed by atoms with van der Waals surface area (Å²) in [6, 6.07) is 20.4. The summed E-state index contributed by atoms with van der Waals surface area (Å²) in [6.45, 7) is 5.08. The molecule has 2 aromatic rings. The first-order valence-corrected chi connectivity index (χ1v) is 15.1. The monoisotopic (exact) mass is 546 g/mol. The van der Waals surface area contributed by atoms with Gasteiger partial charge in [0.05, 0.1) is 13.1 Å². The highest BCUT2D eigenvalue weighted by atomic mass is 16.7. The Morgan fingerprint density at radius 3 is 2.08 bits per heavy atom. The van der Waals surface area contributed by atoms with Crippen LogP contribution in [0.2, 0.25) is 0 Å². The molecule has 2 aromatic carbocycles. The standard InChI is InChI=1S/C33H40NO6/c1-23(35)38-30(24-15-20-37-21-16-24)40-33(25-10-4-2-5-11-25,26-12-6-3-7-13-26)31(36)39-29-22-28-32(29)17-14-27(32)34(28)18-8-9-19-34/h2-7,10-13,24,27-30H,8-9,14-22H2,1H3/q+1. The van der Waals surface area contributed by atoms with Crippen molar-refractivity contribution in [3.05, 3.63) is 71.8 Å². The van der Waals surface area contributed by atoms with Crippen molar-refractivity contribution in [3.8, 4) is 0 Å². The van der Waals surface area contributed by atoms with Crippen molar-refractivity contribution >= 4 is 11.9 Å². The average Bonchev–Trinajstić information content (AvgIpc) is 3.43. The molecule has 7 nitrogen and oxygen atoms in total. The molecule has 5 aliphatic rings. The lowest BCUT2D eigenvalue weighted by Crippen LogP contribution is -2.94. The molecule has 3 aliphatic heterocycles. The van der Waals surface area contributed by atoms with E-state index in [2.05, 4.69) is 0 Å². The fourth-order valence-electron chi connectivity index (χ4n) is 9.02. The second-order valence-electron chi connectivity index (χ2n) is 12.5. The van der Waals surface area contributed by atoms with Crippen LogP contribution in [-0.4, -0.2) is 67.2 Å². The number of quaternary nitrogens is 1. The van der Waals surface area contributed by atoms with Gasteiger partial charge in [-0.25, -0.2) is 4.79 Å². The Hall–Kier alpha value is -2.74. The summed E-state index contributed by atoms with van der Waals surface area (Å²) in [5, 5.41) is 0. The lowest BCUT2D eigenvalue weighted by atomic mass is 9.39. The number of piperidine rings is 2. The normalized spacial score (nSPS) is 31.1. The van der Waals surface area contributed by atoms with Crippen LogP contribution in [0.3, 0.4) is 0 Å². The second kappa shape index (κ2) is 9.97. The molecule has 2 spiro atoms. The third-order valence-electron chi connectivity index (χ3n) is 10.9. The van der Waals surface area contributed by atoms with Crippen molar-refractivity contribution in [1.29, 1.82) is 0 Å². The number of carbonyl (C=O) groups is 2. The van der Waals surface area contributed by atoms with Gasteiger partial charge in [0.1, 0.15) is 23.6 Å². The van der Waals surface area contributed by atoms with Gasteiger partial charge in [-0.05, 0) is 30.4 Å². The Bertz CT molecular complexity index is 1190. The zero-order valence-electron chi connectivity index (χ0n) is 23.3. The number of rotatable bonds is 8. The van der Waals surface area contributed by atoms with Crippen LogP contribution < -0.4 is 0 Å². The van der Waals surface area contributed by atoms with Crippen molar-refractivity contribution in [2.75, 3.05) is 26.3 Å². The van der Waals surface area contributed by atoms with Crippen LogP contribution in [0, 0.1) is 11.3 Å². The van der Waals surface area contributed by atoms with Gasteiger partial charge in [-0.3, -0.25) is 4.79 Å². The number of benzene rings is 2. The number of ether oxygens (including phenoxy) is 4. The first kappa shape index (κ1) is 26.2. The molecule has 5 fully saturated rings. The molecule has 40 heavy (non-hydrogen) atoms. The van der Waals surface area contributed by atoms with Crippen LogP contribution in [-0.2, 0) is 34.1 Å². The van der Waals surface area contributed by atoms with E-state index in [0.29, 0.717) is 49.3 Å². The van der Waals surface area contributed by atoms with Crippen LogP contribution in [0.25, 0.3) is 0 Å². The van der Waals surface area contributed by atoms with Gasteiger partial charge < -0.3 is 23.4 Å². The zero-order valence-corrected chi connectivity index (χ0v) is 23.3. The third-order valence-corrected chi connectivity index (χ3v) is 10.9. The minimum atomic E-state index is -1.58. The highest BCUT2D eigenvalue weighted by Crippen LogP contribution is 2.73. The maximum Gasteiger partial charge on any atom is 0.348 e. The van der Waals surface area contributed by atoms with Crippen LogP contribution in [0.1, 0.15) is 63.0 Å². The number of carbonyl (C=O) groups excluding carboxylic acids is 2. The lowest BCUT2D eigenvalue weighted by molar-refractivity contribution is -1.05. The van der Waals surface area contributed by atoms with Crippen LogP contribution in [0.4, 0.5) is 0 Å². The molecule has 3 saturated heterocycles. The van der Waals surface area contributed by atoms with E-state index < -0.39 is 23.8 Å². The average molecular weight is 547 g/mol. The highest BCUT2D eigenvalue weighted by Gasteiger charge is 2.86. The van der Waals surface area contributed by atoms with Crippen LogP contribution >= 0.6 is 0 Å². The Kier molecular flexibility index (Phi) is 6.52. The predicted octanol–water partition coefficient (Wildman–Crippen LogP) is 4.72. The zero-order chi connectivity index (χ0) is 27.4. The van der Waals surface area contributed by atoms with Gasteiger partial charge in [-0.1, -0.05) is 60.7 Å². The molecule has 7 heteroatoms. The smallest absolute Gasteiger partial charge is 0.348 e. The number of esters is 2. The fraction of sp³-hybridized carbons (Fsp3) is 0.576. The SMILES string of the molecule is CC(=O)OC(OC(C(=O)OC1CC2C13CCC3[N+]21CCCC1)(c1ccccc1)c1ccccc1)C1CCOCC1. The van der Waals surface area contributed by atoms with E-state index in [0.717, 1.165) is 12.8 Å². The maximum atomic E-state index is 14.7. The van der Waals surface area contributed by atoms with E-state index in [9.17, 15) is 9.59 Å². The van der Waals surface area contributed by atoms with E-state index in [1.54, 1.807) is 0 Å². The summed E-state index contributed by atoms with van der Waals surface area (Å²) < 4.78 is 26.1. The number of hydrogen-bond donors (Lipinski definition) is 0. The molecule has 0 N–H and O–H groups in total. The van der Waals surface area contributed by atoms with Gasteiger partial charge in [0.2, 0.25) is 11.9 Å². The molecule has 7 rings (SSSR count). The Morgan fingerprint density at radius 1 is 0.925 bits per heavy atom. The van der Waals surface area contributed by atoms with E-state index in [4.69, 9.17) is 18.9 Å². The minimum absolute atomic E-state index is 0.0916. The van der Waals surface area contributed by atoms with Gasteiger partial charge in [-0.2, -0.15) is 0 Å². The number of fused-ring (bicyclic) bond motifs is 2. The molecule has 5 atom stereocenters. The molecule has 5 unspecified atom stereocenters. The number of hydrogen-bond acceptors (Lipinski definition) is 6. The summed E-state index contributed by atoms with van der Waals surface area (Å²) >= 11 is 0. The summed E-state index contributed by atoms with van der Waals surface area (Å²) in [5.41, 5.74) is -0.100. The first-order valence-electron chi connectivity index (χ1n) is 15.1. The van der Waals surface area contributed by atoms with Crippen LogP contribution in [0.15, 0.2) is 60.7 Å². The van der Waals surface area contributed by atoms with Crippen molar-refractivity contribution in [1.82, 2.24) is 0 Å². The fourth-order valence-corrected chi connectivity index (χ4v) is 9.02. The molecule has 3 heterocycles. The Labute approximate surface area is 236 Å². The van der Waals surface area contributed by atoms with Crippen molar-refractivity contribution in [3.63, 3.8) is 0 Å². The first-order chi connectivity index (χ1) is 19.5. The molecular formula is C33H40NO6+. The molecular weight excluding hydrogens is 506 g/mol. The van der Waals surface area contributed by atoms with Gasteiger partial charge in [0, 0.05) is 51.7 Å². The quantitative estimate of drug-likeness (QED) is 0.271. The summed E-state index contributed by atoms with van der Waals surface area (Å²) in [4.78, 5) is 27.0. The maximum absolute atomic E-state index is 14.7. The largest absolute Gasteiger partial charge is 0.458 e. The molecule has 0 amide bonds.